The Labute approximate surface area is 127 Å². The second-order valence-corrected chi connectivity index (χ2v) is 6.02. The van der Waals surface area contributed by atoms with Crippen LogP contribution in [-0.2, 0) is 4.79 Å². The van der Waals surface area contributed by atoms with Crippen LogP contribution in [0.15, 0.2) is 28.7 Å². The van der Waals surface area contributed by atoms with Crippen molar-refractivity contribution in [2.45, 2.75) is 44.7 Å². The normalized spacial score (nSPS) is 16.7. The van der Waals surface area contributed by atoms with Gasteiger partial charge in [0.25, 0.3) is 5.91 Å². The quantitative estimate of drug-likeness (QED) is 0.886. The number of amides is 2. The number of hydrogen-bond donors (Lipinski definition) is 2. The Morgan fingerprint density at radius 3 is 2.55 bits per heavy atom. The zero-order valence-electron chi connectivity index (χ0n) is 11.5. The van der Waals surface area contributed by atoms with E-state index in [4.69, 9.17) is 0 Å². The molecule has 0 aromatic heterocycles. The van der Waals surface area contributed by atoms with Gasteiger partial charge in [-0.15, -0.1) is 0 Å². The van der Waals surface area contributed by atoms with Gasteiger partial charge in [-0.1, -0.05) is 25.0 Å². The van der Waals surface area contributed by atoms with E-state index in [0.29, 0.717) is 5.56 Å². The van der Waals surface area contributed by atoms with Crippen LogP contribution < -0.4 is 10.6 Å². The van der Waals surface area contributed by atoms with Gasteiger partial charge in [-0.3, -0.25) is 9.59 Å². The Balaban J connectivity index is 1.90. The Bertz CT molecular complexity index is 498. The highest BCUT2D eigenvalue weighted by Gasteiger charge is 2.22. The molecular formula is C15H19BrN2O2. The average Bonchev–Trinajstić information content (AvgIpc) is 2.91. The molecular weight excluding hydrogens is 320 g/mol. The molecule has 0 bridgehead atoms. The Kier molecular flexibility index (Phi) is 5.17. The highest BCUT2D eigenvalue weighted by Crippen LogP contribution is 2.18. The first-order valence-corrected chi connectivity index (χ1v) is 7.73. The fourth-order valence-electron chi connectivity index (χ4n) is 2.38. The summed E-state index contributed by atoms with van der Waals surface area (Å²) in [5.74, 6) is -0.358. The van der Waals surface area contributed by atoms with Crippen molar-refractivity contribution in [3.63, 3.8) is 0 Å². The van der Waals surface area contributed by atoms with Crippen LogP contribution in [0.5, 0.6) is 0 Å². The first-order chi connectivity index (χ1) is 9.58. The number of rotatable bonds is 4. The number of carbonyl (C=O) groups excluding carboxylic acids is 2. The molecule has 0 radical (unpaired) electrons. The van der Waals surface area contributed by atoms with Crippen molar-refractivity contribution in [3.8, 4) is 0 Å². The zero-order valence-corrected chi connectivity index (χ0v) is 13.1. The van der Waals surface area contributed by atoms with Gasteiger partial charge >= 0.3 is 0 Å². The van der Waals surface area contributed by atoms with Crippen LogP contribution in [0, 0.1) is 0 Å². The first-order valence-electron chi connectivity index (χ1n) is 6.93. The van der Waals surface area contributed by atoms with Gasteiger partial charge in [-0.2, -0.15) is 0 Å². The highest BCUT2D eigenvalue weighted by atomic mass is 79.9. The third-order valence-electron chi connectivity index (χ3n) is 3.56. The second kappa shape index (κ2) is 6.88. The van der Waals surface area contributed by atoms with E-state index in [0.717, 1.165) is 17.3 Å². The minimum Gasteiger partial charge on any atom is -0.352 e. The van der Waals surface area contributed by atoms with E-state index >= 15 is 0 Å². The molecule has 1 atom stereocenters. The molecule has 0 unspecified atom stereocenters. The zero-order chi connectivity index (χ0) is 14.5. The molecule has 1 aliphatic rings. The third-order valence-corrected chi connectivity index (χ3v) is 4.25. The molecule has 1 aromatic carbocycles. The second-order valence-electron chi connectivity index (χ2n) is 5.16. The molecule has 20 heavy (non-hydrogen) atoms. The number of hydrogen-bond acceptors (Lipinski definition) is 2. The number of benzene rings is 1. The smallest absolute Gasteiger partial charge is 0.253 e. The summed E-state index contributed by atoms with van der Waals surface area (Å²) >= 11 is 3.33. The van der Waals surface area contributed by atoms with Gasteiger partial charge < -0.3 is 10.6 Å². The summed E-state index contributed by atoms with van der Waals surface area (Å²) in [6.07, 6.45) is 4.42. The van der Waals surface area contributed by atoms with Gasteiger partial charge in [0, 0.05) is 10.5 Å². The van der Waals surface area contributed by atoms with Crippen LogP contribution in [0.1, 0.15) is 43.0 Å². The molecule has 0 aliphatic heterocycles. The topological polar surface area (TPSA) is 58.2 Å². The lowest BCUT2D eigenvalue weighted by Gasteiger charge is -2.18. The van der Waals surface area contributed by atoms with Crippen LogP contribution in [0.2, 0.25) is 0 Å². The highest BCUT2D eigenvalue weighted by molar-refractivity contribution is 9.10. The lowest BCUT2D eigenvalue weighted by atomic mass is 10.2. The van der Waals surface area contributed by atoms with Crippen molar-refractivity contribution < 1.29 is 9.59 Å². The lowest BCUT2D eigenvalue weighted by Crippen LogP contribution is -2.47. The van der Waals surface area contributed by atoms with Gasteiger partial charge in [-0.25, -0.2) is 0 Å². The summed E-state index contributed by atoms with van der Waals surface area (Å²) in [6.45, 7) is 1.71. The van der Waals surface area contributed by atoms with Gasteiger partial charge in [0.1, 0.15) is 6.04 Å². The van der Waals surface area contributed by atoms with Crippen molar-refractivity contribution in [2.75, 3.05) is 0 Å². The van der Waals surface area contributed by atoms with Crippen molar-refractivity contribution in [3.05, 3.63) is 34.3 Å². The van der Waals surface area contributed by atoms with Crippen LogP contribution in [0.25, 0.3) is 0 Å². The van der Waals surface area contributed by atoms with Crippen molar-refractivity contribution in [1.29, 1.82) is 0 Å². The first kappa shape index (κ1) is 15.0. The molecule has 1 saturated carbocycles. The molecule has 2 amide bonds. The predicted molar refractivity (Wildman–Crippen MR) is 81.5 cm³/mol. The van der Waals surface area contributed by atoms with E-state index < -0.39 is 6.04 Å². The maximum absolute atomic E-state index is 12.1. The van der Waals surface area contributed by atoms with Crippen LogP contribution in [0.4, 0.5) is 0 Å². The van der Waals surface area contributed by atoms with E-state index in [1.807, 2.05) is 6.07 Å². The third kappa shape index (κ3) is 3.82. The van der Waals surface area contributed by atoms with E-state index in [9.17, 15) is 9.59 Å². The Morgan fingerprint density at radius 1 is 1.25 bits per heavy atom. The van der Waals surface area contributed by atoms with Crippen molar-refractivity contribution >= 4 is 27.7 Å². The van der Waals surface area contributed by atoms with Crippen LogP contribution >= 0.6 is 15.9 Å². The monoisotopic (exact) mass is 338 g/mol. The predicted octanol–water partition coefficient (Wildman–Crippen LogP) is 2.63. The van der Waals surface area contributed by atoms with Crippen molar-refractivity contribution in [1.82, 2.24) is 10.6 Å². The van der Waals surface area contributed by atoms with E-state index in [1.165, 1.54) is 12.8 Å². The Morgan fingerprint density at radius 2 is 1.90 bits per heavy atom. The molecule has 0 spiro atoms. The molecule has 1 aromatic rings. The minimum atomic E-state index is -0.532. The van der Waals surface area contributed by atoms with Gasteiger partial charge in [0.05, 0.1) is 5.56 Å². The number of halogens is 1. The molecule has 108 valence electrons. The summed E-state index contributed by atoms with van der Waals surface area (Å²) in [5.41, 5.74) is 0.535. The molecule has 2 rings (SSSR count). The summed E-state index contributed by atoms with van der Waals surface area (Å²) in [4.78, 5) is 24.1. The van der Waals surface area contributed by atoms with Crippen LogP contribution in [0.3, 0.4) is 0 Å². The van der Waals surface area contributed by atoms with Gasteiger partial charge in [0.2, 0.25) is 5.91 Å². The van der Waals surface area contributed by atoms with E-state index in [1.54, 1.807) is 25.1 Å². The summed E-state index contributed by atoms with van der Waals surface area (Å²) in [7, 11) is 0. The SMILES string of the molecule is C[C@@H](NC(=O)c1ccccc1Br)C(=O)NC1CCCC1. The van der Waals surface area contributed by atoms with Crippen molar-refractivity contribution in [2.24, 2.45) is 0 Å². The lowest BCUT2D eigenvalue weighted by molar-refractivity contribution is -0.123. The van der Waals surface area contributed by atoms with Gasteiger partial charge in [0.15, 0.2) is 0 Å². The molecule has 1 aliphatic carbocycles. The summed E-state index contributed by atoms with van der Waals surface area (Å²) < 4.78 is 0.723. The molecule has 4 nitrogen and oxygen atoms in total. The average molecular weight is 339 g/mol. The van der Waals surface area contributed by atoms with E-state index in [-0.39, 0.29) is 17.9 Å². The maximum Gasteiger partial charge on any atom is 0.253 e. The summed E-state index contributed by atoms with van der Waals surface area (Å²) in [5, 5.41) is 5.71. The summed E-state index contributed by atoms with van der Waals surface area (Å²) in [6, 6.07) is 6.90. The molecule has 1 fully saturated rings. The Hall–Kier alpha value is -1.36. The standard InChI is InChI=1S/C15H19BrN2O2/c1-10(14(19)18-11-6-2-3-7-11)17-15(20)12-8-4-5-9-13(12)16/h4-5,8-11H,2-3,6-7H2,1H3,(H,17,20)(H,18,19)/t10-/m1/s1. The fraction of sp³-hybridized carbons (Fsp3) is 0.467. The van der Waals surface area contributed by atoms with E-state index in [2.05, 4.69) is 26.6 Å². The van der Waals surface area contributed by atoms with Gasteiger partial charge in [-0.05, 0) is 47.8 Å². The minimum absolute atomic E-state index is 0.114. The molecule has 0 saturated heterocycles. The fourth-order valence-corrected chi connectivity index (χ4v) is 2.85. The number of nitrogens with one attached hydrogen (secondary N) is 2. The largest absolute Gasteiger partial charge is 0.352 e. The number of carbonyl (C=O) groups is 2. The molecule has 2 N–H and O–H groups in total. The van der Waals surface area contributed by atoms with Crippen LogP contribution in [-0.4, -0.2) is 23.9 Å². The molecule has 0 heterocycles. The molecule has 5 heteroatoms. The maximum atomic E-state index is 12.1.